The van der Waals surface area contributed by atoms with Crippen LogP contribution in [0.25, 0.3) is 0 Å². The lowest BCUT2D eigenvalue weighted by molar-refractivity contribution is 0.0534. The zero-order valence-electron chi connectivity index (χ0n) is 12.0. The minimum Gasteiger partial charge on any atom is -0.329 e. The summed E-state index contributed by atoms with van der Waals surface area (Å²) < 4.78 is 0. The van der Waals surface area contributed by atoms with Gasteiger partial charge in [-0.15, -0.1) is 0 Å². The molecule has 3 rings (SSSR count). The molecule has 1 heterocycles. The molecule has 19 heavy (non-hydrogen) atoms. The lowest BCUT2D eigenvalue weighted by Crippen LogP contribution is -2.53. The zero-order chi connectivity index (χ0) is 13.3. The first-order valence-electron chi connectivity index (χ1n) is 7.69. The molecule has 0 aliphatic heterocycles. The number of nitrogens with two attached hydrogens (primary N) is 1. The standard InChI is InChI=1S/C16H26N2S/c1-16(12-17,9-13-3-2-4-13)18(15-5-6-15)10-14-7-8-19-11-14/h7-8,11,13,15H,2-6,9-10,12,17H2,1H3. The average molecular weight is 278 g/mol. The zero-order valence-corrected chi connectivity index (χ0v) is 12.8. The molecular formula is C16H26N2S. The Morgan fingerprint density at radius 3 is 2.63 bits per heavy atom. The second-order valence-electron chi connectivity index (χ2n) is 6.69. The predicted molar refractivity (Wildman–Crippen MR) is 82.3 cm³/mol. The molecule has 2 nitrogen and oxygen atoms in total. The van der Waals surface area contributed by atoms with Gasteiger partial charge in [0.1, 0.15) is 0 Å². The fourth-order valence-corrected chi connectivity index (χ4v) is 4.02. The van der Waals surface area contributed by atoms with Gasteiger partial charge in [-0.25, -0.2) is 0 Å². The monoisotopic (exact) mass is 278 g/mol. The summed E-state index contributed by atoms with van der Waals surface area (Å²) in [5.41, 5.74) is 7.86. The molecular weight excluding hydrogens is 252 g/mol. The lowest BCUT2D eigenvalue weighted by atomic mass is 9.75. The Labute approximate surface area is 121 Å². The third-order valence-corrected chi connectivity index (χ3v) is 5.74. The van der Waals surface area contributed by atoms with Crippen LogP contribution in [-0.2, 0) is 6.54 Å². The molecule has 2 saturated carbocycles. The average Bonchev–Trinajstić information content (AvgIpc) is 3.07. The molecule has 106 valence electrons. The summed E-state index contributed by atoms with van der Waals surface area (Å²) >= 11 is 1.80. The topological polar surface area (TPSA) is 29.3 Å². The summed E-state index contributed by atoms with van der Waals surface area (Å²) in [6.07, 6.45) is 8.30. The number of thiophene rings is 1. The van der Waals surface area contributed by atoms with Crippen molar-refractivity contribution in [3.63, 3.8) is 0 Å². The van der Waals surface area contributed by atoms with Crippen molar-refractivity contribution in [2.75, 3.05) is 6.54 Å². The van der Waals surface area contributed by atoms with Gasteiger partial charge in [-0.1, -0.05) is 19.3 Å². The molecule has 1 atom stereocenters. The third kappa shape index (κ3) is 3.04. The molecule has 0 amide bonds. The highest BCUT2D eigenvalue weighted by atomic mass is 32.1. The van der Waals surface area contributed by atoms with Crippen LogP contribution in [0, 0.1) is 5.92 Å². The maximum atomic E-state index is 6.19. The second-order valence-corrected chi connectivity index (χ2v) is 7.47. The predicted octanol–water partition coefficient (Wildman–Crippen LogP) is 3.62. The molecule has 1 aromatic heterocycles. The van der Waals surface area contributed by atoms with Crippen LogP contribution in [-0.4, -0.2) is 23.0 Å². The Kier molecular flexibility index (Phi) is 3.97. The Morgan fingerprint density at radius 2 is 2.16 bits per heavy atom. The molecule has 0 radical (unpaired) electrons. The highest BCUT2D eigenvalue weighted by Crippen LogP contribution is 2.41. The fourth-order valence-electron chi connectivity index (χ4n) is 3.36. The maximum absolute atomic E-state index is 6.19. The smallest absolute Gasteiger partial charge is 0.0312 e. The van der Waals surface area contributed by atoms with E-state index in [2.05, 4.69) is 28.7 Å². The Balaban J connectivity index is 1.72. The summed E-state index contributed by atoms with van der Waals surface area (Å²) in [7, 11) is 0. The van der Waals surface area contributed by atoms with Gasteiger partial charge in [0.15, 0.2) is 0 Å². The molecule has 1 aromatic rings. The molecule has 0 saturated heterocycles. The Hall–Kier alpha value is -0.380. The van der Waals surface area contributed by atoms with Gasteiger partial charge in [0, 0.05) is 24.7 Å². The molecule has 2 fully saturated rings. The van der Waals surface area contributed by atoms with Crippen LogP contribution in [0.4, 0.5) is 0 Å². The van der Waals surface area contributed by atoms with Crippen LogP contribution in [0.2, 0.25) is 0 Å². The van der Waals surface area contributed by atoms with Crippen molar-refractivity contribution in [3.8, 4) is 0 Å². The minimum atomic E-state index is 0.203. The Morgan fingerprint density at radius 1 is 1.37 bits per heavy atom. The van der Waals surface area contributed by atoms with Gasteiger partial charge in [0.25, 0.3) is 0 Å². The van der Waals surface area contributed by atoms with Crippen molar-refractivity contribution < 1.29 is 0 Å². The van der Waals surface area contributed by atoms with Crippen LogP contribution < -0.4 is 5.73 Å². The minimum absolute atomic E-state index is 0.203. The van der Waals surface area contributed by atoms with Crippen molar-refractivity contribution in [2.45, 2.75) is 63.6 Å². The summed E-state index contributed by atoms with van der Waals surface area (Å²) in [5.74, 6) is 0.928. The van der Waals surface area contributed by atoms with Gasteiger partial charge in [-0.2, -0.15) is 11.3 Å². The highest BCUT2D eigenvalue weighted by Gasteiger charge is 2.42. The van der Waals surface area contributed by atoms with E-state index < -0.39 is 0 Å². The molecule has 0 bridgehead atoms. The molecule has 0 spiro atoms. The van der Waals surface area contributed by atoms with E-state index in [1.54, 1.807) is 11.3 Å². The summed E-state index contributed by atoms with van der Waals surface area (Å²) in [5, 5.41) is 4.47. The van der Waals surface area contributed by atoms with Crippen LogP contribution >= 0.6 is 11.3 Å². The third-order valence-electron chi connectivity index (χ3n) is 5.01. The van der Waals surface area contributed by atoms with Crippen LogP contribution in [0.5, 0.6) is 0 Å². The van der Waals surface area contributed by atoms with Gasteiger partial charge in [0.05, 0.1) is 0 Å². The van der Waals surface area contributed by atoms with E-state index in [-0.39, 0.29) is 5.54 Å². The van der Waals surface area contributed by atoms with Gasteiger partial charge >= 0.3 is 0 Å². The highest BCUT2D eigenvalue weighted by molar-refractivity contribution is 7.07. The van der Waals surface area contributed by atoms with Crippen molar-refractivity contribution >= 4 is 11.3 Å². The van der Waals surface area contributed by atoms with Gasteiger partial charge < -0.3 is 5.73 Å². The quantitative estimate of drug-likeness (QED) is 0.825. The number of rotatable bonds is 7. The molecule has 2 aliphatic carbocycles. The first-order chi connectivity index (χ1) is 9.21. The molecule has 1 unspecified atom stereocenters. The van der Waals surface area contributed by atoms with Crippen LogP contribution in [0.3, 0.4) is 0 Å². The van der Waals surface area contributed by atoms with E-state index in [9.17, 15) is 0 Å². The van der Waals surface area contributed by atoms with E-state index >= 15 is 0 Å². The largest absolute Gasteiger partial charge is 0.329 e. The molecule has 2 N–H and O–H groups in total. The SMILES string of the molecule is CC(CN)(CC1CCC1)N(Cc1ccsc1)C1CC1. The maximum Gasteiger partial charge on any atom is 0.0312 e. The van der Waals surface area contributed by atoms with Crippen molar-refractivity contribution in [3.05, 3.63) is 22.4 Å². The fraction of sp³-hybridized carbons (Fsp3) is 0.750. The van der Waals surface area contributed by atoms with Crippen molar-refractivity contribution in [1.82, 2.24) is 4.90 Å². The van der Waals surface area contributed by atoms with E-state index in [0.717, 1.165) is 25.0 Å². The summed E-state index contributed by atoms with van der Waals surface area (Å²) in [6.45, 7) is 4.29. The number of nitrogens with zero attached hydrogens (tertiary/aromatic N) is 1. The lowest BCUT2D eigenvalue weighted by Gasteiger charge is -2.45. The first-order valence-corrected chi connectivity index (χ1v) is 8.63. The van der Waals surface area contributed by atoms with Gasteiger partial charge in [0.2, 0.25) is 0 Å². The van der Waals surface area contributed by atoms with Crippen molar-refractivity contribution in [1.29, 1.82) is 0 Å². The summed E-state index contributed by atoms with van der Waals surface area (Å²) in [4.78, 5) is 2.72. The van der Waals surface area contributed by atoms with Crippen molar-refractivity contribution in [2.24, 2.45) is 11.7 Å². The molecule has 0 aromatic carbocycles. The van der Waals surface area contributed by atoms with E-state index in [0.29, 0.717) is 0 Å². The van der Waals surface area contributed by atoms with Crippen LogP contribution in [0.1, 0.15) is 51.0 Å². The van der Waals surface area contributed by atoms with E-state index in [1.165, 1.54) is 44.1 Å². The summed E-state index contributed by atoms with van der Waals surface area (Å²) in [6, 6.07) is 3.05. The molecule has 2 aliphatic rings. The Bertz CT molecular complexity index is 395. The van der Waals surface area contributed by atoms with Gasteiger partial charge in [-0.3, -0.25) is 4.90 Å². The number of hydrogen-bond donors (Lipinski definition) is 1. The first kappa shape index (κ1) is 13.6. The van der Waals surface area contributed by atoms with E-state index in [1.807, 2.05) is 0 Å². The number of hydrogen-bond acceptors (Lipinski definition) is 3. The normalized spacial score (nSPS) is 23.3. The van der Waals surface area contributed by atoms with Crippen LogP contribution in [0.15, 0.2) is 16.8 Å². The second kappa shape index (κ2) is 5.55. The van der Waals surface area contributed by atoms with Gasteiger partial charge in [-0.05, 0) is 54.5 Å². The van der Waals surface area contributed by atoms with E-state index in [4.69, 9.17) is 5.73 Å². The molecule has 3 heteroatoms.